The predicted molar refractivity (Wildman–Crippen MR) is 96.7 cm³/mol. The Morgan fingerprint density at radius 1 is 1.28 bits per heavy atom. The fourth-order valence-electron chi connectivity index (χ4n) is 2.97. The number of para-hydroxylation sites is 1. The summed E-state index contributed by atoms with van der Waals surface area (Å²) in [5, 5.41) is 12.2. The Morgan fingerprint density at radius 3 is 2.80 bits per heavy atom. The number of nitrogens with zero attached hydrogens (tertiary/aromatic N) is 1. The van der Waals surface area contributed by atoms with Crippen molar-refractivity contribution < 1.29 is 14.6 Å². The number of amides is 2. The summed E-state index contributed by atoms with van der Waals surface area (Å²) in [6.07, 6.45) is 0.858. The second-order valence-electron chi connectivity index (χ2n) is 6.47. The number of hydrogen-bond acceptors (Lipinski definition) is 3. The van der Waals surface area contributed by atoms with Crippen molar-refractivity contribution in [2.75, 3.05) is 19.7 Å². The van der Waals surface area contributed by atoms with E-state index >= 15 is 0 Å². The zero-order valence-electron chi connectivity index (χ0n) is 14.4. The second kappa shape index (κ2) is 8.03. The van der Waals surface area contributed by atoms with Gasteiger partial charge in [0.2, 0.25) is 0 Å². The Hall–Kier alpha value is -2.53. The van der Waals surface area contributed by atoms with E-state index in [1.807, 2.05) is 55.5 Å². The molecule has 2 N–H and O–H groups in total. The molecule has 2 amide bonds. The van der Waals surface area contributed by atoms with Crippen LogP contribution in [0.15, 0.2) is 48.5 Å². The smallest absolute Gasteiger partial charge is 0.317 e. The molecule has 132 valence electrons. The lowest BCUT2D eigenvalue weighted by Crippen LogP contribution is -2.38. The minimum atomic E-state index is -0.0952. The van der Waals surface area contributed by atoms with Gasteiger partial charge in [-0.15, -0.1) is 0 Å². The van der Waals surface area contributed by atoms with Crippen LogP contribution in [-0.2, 0) is 6.54 Å². The largest absolute Gasteiger partial charge is 0.457 e. The number of likely N-dealkylation sites (tertiary alicyclic amines) is 1. The first-order valence-corrected chi connectivity index (χ1v) is 8.62. The number of ether oxygens (including phenoxy) is 1. The summed E-state index contributed by atoms with van der Waals surface area (Å²) in [5.74, 6) is 1.72. The van der Waals surface area contributed by atoms with Crippen LogP contribution in [0.5, 0.6) is 11.5 Å². The van der Waals surface area contributed by atoms with Crippen LogP contribution in [0, 0.1) is 12.8 Å². The molecule has 5 heteroatoms. The van der Waals surface area contributed by atoms with Crippen molar-refractivity contribution in [2.45, 2.75) is 19.9 Å². The molecule has 1 heterocycles. The third-order valence-corrected chi connectivity index (χ3v) is 4.46. The predicted octanol–water partition coefficient (Wildman–Crippen LogP) is 3.31. The molecule has 1 aliphatic heterocycles. The number of hydrogen-bond donors (Lipinski definition) is 2. The number of aliphatic hydroxyl groups excluding tert-OH is 1. The quantitative estimate of drug-likeness (QED) is 0.878. The SMILES string of the molecule is Cc1ccc(CNC(=O)N2CCC(CO)C2)c(Oc2ccccc2)c1. The molecular weight excluding hydrogens is 316 g/mol. The van der Waals surface area contributed by atoms with Crippen LogP contribution in [0.4, 0.5) is 4.79 Å². The van der Waals surface area contributed by atoms with Crippen molar-refractivity contribution in [1.82, 2.24) is 10.2 Å². The van der Waals surface area contributed by atoms with Gasteiger partial charge in [0.25, 0.3) is 0 Å². The number of aryl methyl sites for hydroxylation is 1. The summed E-state index contributed by atoms with van der Waals surface area (Å²) in [6.45, 7) is 3.86. The van der Waals surface area contributed by atoms with Crippen LogP contribution in [-0.4, -0.2) is 35.7 Å². The van der Waals surface area contributed by atoms with Crippen LogP contribution in [0.3, 0.4) is 0 Å². The van der Waals surface area contributed by atoms with Crippen molar-refractivity contribution in [2.24, 2.45) is 5.92 Å². The van der Waals surface area contributed by atoms with Crippen LogP contribution in [0.25, 0.3) is 0 Å². The van der Waals surface area contributed by atoms with E-state index in [-0.39, 0.29) is 18.6 Å². The van der Waals surface area contributed by atoms with E-state index in [4.69, 9.17) is 4.74 Å². The average molecular weight is 340 g/mol. The standard InChI is InChI=1S/C20H24N2O3/c1-15-7-8-17(19(11-15)25-18-5-3-2-4-6-18)12-21-20(24)22-10-9-16(13-22)14-23/h2-8,11,16,23H,9-10,12-14H2,1H3,(H,21,24). The van der Waals surface area contributed by atoms with E-state index in [9.17, 15) is 9.90 Å². The fourth-order valence-corrected chi connectivity index (χ4v) is 2.97. The zero-order valence-corrected chi connectivity index (χ0v) is 14.4. The summed E-state index contributed by atoms with van der Waals surface area (Å²) in [5.41, 5.74) is 2.03. The first-order valence-electron chi connectivity index (χ1n) is 8.62. The van der Waals surface area contributed by atoms with Crippen LogP contribution >= 0.6 is 0 Å². The van der Waals surface area contributed by atoms with Gasteiger partial charge in [0, 0.05) is 37.7 Å². The average Bonchev–Trinajstić information content (AvgIpc) is 3.11. The minimum Gasteiger partial charge on any atom is -0.457 e. The highest BCUT2D eigenvalue weighted by atomic mass is 16.5. The lowest BCUT2D eigenvalue weighted by Gasteiger charge is -2.18. The Kier molecular flexibility index (Phi) is 5.56. The van der Waals surface area contributed by atoms with E-state index in [0.717, 1.165) is 29.0 Å². The highest BCUT2D eigenvalue weighted by Gasteiger charge is 2.25. The van der Waals surface area contributed by atoms with Crippen LogP contribution in [0.1, 0.15) is 17.5 Å². The second-order valence-corrected chi connectivity index (χ2v) is 6.47. The molecular formula is C20H24N2O3. The maximum atomic E-state index is 12.3. The van der Waals surface area contributed by atoms with Gasteiger partial charge in [-0.05, 0) is 37.1 Å². The molecule has 2 aromatic rings. The van der Waals surface area contributed by atoms with E-state index in [2.05, 4.69) is 5.32 Å². The van der Waals surface area contributed by atoms with Gasteiger partial charge >= 0.3 is 6.03 Å². The number of carbonyl (C=O) groups excluding carboxylic acids is 1. The molecule has 1 atom stereocenters. The highest BCUT2D eigenvalue weighted by molar-refractivity contribution is 5.74. The normalized spacial score (nSPS) is 16.7. The summed E-state index contributed by atoms with van der Waals surface area (Å²) < 4.78 is 5.98. The van der Waals surface area contributed by atoms with Gasteiger partial charge in [-0.3, -0.25) is 0 Å². The lowest BCUT2D eigenvalue weighted by molar-refractivity contribution is 0.198. The fraction of sp³-hybridized carbons (Fsp3) is 0.350. The zero-order chi connectivity index (χ0) is 17.6. The molecule has 5 nitrogen and oxygen atoms in total. The third kappa shape index (κ3) is 4.51. The Bertz CT molecular complexity index is 718. The molecule has 0 aliphatic carbocycles. The van der Waals surface area contributed by atoms with E-state index in [1.54, 1.807) is 4.90 Å². The molecule has 0 bridgehead atoms. The van der Waals surface area contributed by atoms with Crippen LogP contribution < -0.4 is 10.1 Å². The van der Waals surface area contributed by atoms with Crippen LogP contribution in [0.2, 0.25) is 0 Å². The minimum absolute atomic E-state index is 0.0952. The Balaban J connectivity index is 1.65. The molecule has 0 saturated carbocycles. The molecule has 1 fully saturated rings. The van der Waals surface area contributed by atoms with Gasteiger partial charge in [-0.1, -0.05) is 30.3 Å². The third-order valence-electron chi connectivity index (χ3n) is 4.46. The first kappa shape index (κ1) is 17.3. The lowest BCUT2D eigenvalue weighted by atomic mass is 10.1. The summed E-state index contributed by atoms with van der Waals surface area (Å²) in [6, 6.07) is 15.5. The van der Waals surface area contributed by atoms with E-state index in [0.29, 0.717) is 19.6 Å². The van der Waals surface area contributed by atoms with Crippen molar-refractivity contribution in [1.29, 1.82) is 0 Å². The van der Waals surface area contributed by atoms with E-state index in [1.165, 1.54) is 0 Å². The van der Waals surface area contributed by atoms with Gasteiger partial charge in [0.1, 0.15) is 11.5 Å². The number of benzene rings is 2. The molecule has 3 rings (SSSR count). The summed E-state index contributed by atoms with van der Waals surface area (Å²) >= 11 is 0. The molecule has 0 radical (unpaired) electrons. The van der Waals surface area contributed by atoms with Crippen molar-refractivity contribution in [3.05, 3.63) is 59.7 Å². The monoisotopic (exact) mass is 340 g/mol. The Morgan fingerprint density at radius 2 is 2.08 bits per heavy atom. The van der Waals surface area contributed by atoms with Gasteiger partial charge in [-0.25, -0.2) is 4.79 Å². The summed E-state index contributed by atoms with van der Waals surface area (Å²) in [7, 11) is 0. The number of aliphatic hydroxyl groups is 1. The highest BCUT2D eigenvalue weighted by Crippen LogP contribution is 2.26. The topological polar surface area (TPSA) is 61.8 Å². The Labute approximate surface area is 148 Å². The van der Waals surface area contributed by atoms with Gasteiger partial charge < -0.3 is 20.1 Å². The first-order chi connectivity index (χ1) is 12.2. The molecule has 1 unspecified atom stereocenters. The summed E-state index contributed by atoms with van der Waals surface area (Å²) in [4.78, 5) is 14.1. The van der Waals surface area contributed by atoms with Gasteiger partial charge in [0.05, 0.1) is 0 Å². The number of nitrogens with one attached hydrogen (secondary N) is 1. The maximum absolute atomic E-state index is 12.3. The van der Waals surface area contributed by atoms with Crippen molar-refractivity contribution in [3.63, 3.8) is 0 Å². The number of rotatable bonds is 5. The molecule has 0 aromatic heterocycles. The molecule has 25 heavy (non-hydrogen) atoms. The number of urea groups is 1. The van der Waals surface area contributed by atoms with Gasteiger partial charge in [-0.2, -0.15) is 0 Å². The van der Waals surface area contributed by atoms with Crippen molar-refractivity contribution in [3.8, 4) is 11.5 Å². The molecule has 0 spiro atoms. The van der Waals surface area contributed by atoms with Gasteiger partial charge in [0.15, 0.2) is 0 Å². The maximum Gasteiger partial charge on any atom is 0.317 e. The molecule has 1 saturated heterocycles. The number of carbonyl (C=O) groups is 1. The molecule has 1 aliphatic rings. The van der Waals surface area contributed by atoms with Crippen molar-refractivity contribution >= 4 is 6.03 Å². The molecule has 2 aromatic carbocycles. The van der Waals surface area contributed by atoms with E-state index < -0.39 is 0 Å².